The van der Waals surface area contributed by atoms with Gasteiger partial charge in [0, 0.05) is 17.5 Å². The van der Waals surface area contributed by atoms with E-state index < -0.39 is 0 Å². The summed E-state index contributed by atoms with van der Waals surface area (Å²) in [7, 11) is 0. The number of thioether (sulfide) groups is 1. The van der Waals surface area contributed by atoms with Crippen molar-refractivity contribution in [2.75, 3.05) is 11.6 Å². The number of carbonyl (C=O) groups excluding carboxylic acids is 1. The van der Waals surface area contributed by atoms with E-state index in [1.54, 1.807) is 0 Å². The van der Waals surface area contributed by atoms with E-state index in [2.05, 4.69) is 10.2 Å². The van der Waals surface area contributed by atoms with Crippen LogP contribution in [-0.4, -0.2) is 43.5 Å². The molecule has 21 heavy (non-hydrogen) atoms. The lowest BCUT2D eigenvalue weighted by molar-refractivity contribution is -0.131. The average molecular weight is 313 g/mol. The number of nitrogens with zero attached hydrogens (tertiary/aromatic N) is 4. The molecule has 0 saturated carbocycles. The molecule has 0 aromatic carbocycles. The molecular formula is C14H27N5OS. The Kier molecular flexibility index (Phi) is 5.67. The van der Waals surface area contributed by atoms with Crippen molar-refractivity contribution < 1.29 is 4.79 Å². The summed E-state index contributed by atoms with van der Waals surface area (Å²) in [6.45, 7) is 14.2. The first kappa shape index (κ1) is 17.8. The van der Waals surface area contributed by atoms with Crippen LogP contribution in [0.25, 0.3) is 0 Å². The van der Waals surface area contributed by atoms with Crippen molar-refractivity contribution in [2.24, 2.45) is 0 Å². The fourth-order valence-corrected chi connectivity index (χ4v) is 2.99. The van der Waals surface area contributed by atoms with Gasteiger partial charge in [-0.25, -0.2) is 4.68 Å². The zero-order chi connectivity index (χ0) is 16.4. The third kappa shape index (κ3) is 4.36. The standard InChI is InChI=1S/C14H27N5OS/c1-9(2)18(10(3)4)11(20)8-21-13-17-16-12(19(13)15)14(5,6)7/h9-10H,8,15H2,1-7H3. The maximum absolute atomic E-state index is 12.3. The van der Waals surface area contributed by atoms with Gasteiger partial charge in [-0.2, -0.15) is 0 Å². The first-order valence-corrected chi connectivity index (χ1v) is 8.19. The number of hydrogen-bond acceptors (Lipinski definition) is 5. The van der Waals surface area contributed by atoms with Crippen molar-refractivity contribution in [1.82, 2.24) is 19.8 Å². The van der Waals surface area contributed by atoms with Crippen LogP contribution in [-0.2, 0) is 10.2 Å². The molecule has 2 N–H and O–H groups in total. The summed E-state index contributed by atoms with van der Waals surface area (Å²) in [5.41, 5.74) is -0.174. The number of nitrogens with two attached hydrogens (primary N) is 1. The van der Waals surface area contributed by atoms with Crippen molar-refractivity contribution in [3.05, 3.63) is 5.82 Å². The highest BCUT2D eigenvalue weighted by atomic mass is 32.2. The zero-order valence-corrected chi connectivity index (χ0v) is 14.9. The van der Waals surface area contributed by atoms with E-state index in [1.165, 1.54) is 16.4 Å². The lowest BCUT2D eigenvalue weighted by atomic mass is 9.96. The van der Waals surface area contributed by atoms with Crippen molar-refractivity contribution in [2.45, 2.75) is 71.1 Å². The Bertz CT molecular complexity index is 482. The molecule has 1 heterocycles. The van der Waals surface area contributed by atoms with E-state index >= 15 is 0 Å². The van der Waals surface area contributed by atoms with Crippen LogP contribution >= 0.6 is 11.8 Å². The first-order chi connectivity index (χ1) is 9.55. The second-order valence-electron chi connectivity index (χ2n) is 6.70. The maximum atomic E-state index is 12.3. The Balaban J connectivity index is 2.76. The largest absolute Gasteiger partial charge is 0.337 e. The lowest BCUT2D eigenvalue weighted by Gasteiger charge is -2.30. The zero-order valence-electron chi connectivity index (χ0n) is 14.0. The smallest absolute Gasteiger partial charge is 0.233 e. The van der Waals surface area contributed by atoms with Gasteiger partial charge in [0.2, 0.25) is 11.1 Å². The molecule has 120 valence electrons. The summed E-state index contributed by atoms with van der Waals surface area (Å²) in [5, 5.41) is 8.78. The number of aromatic nitrogens is 3. The van der Waals surface area contributed by atoms with Gasteiger partial charge in [-0.15, -0.1) is 10.2 Å². The van der Waals surface area contributed by atoms with Crippen molar-refractivity contribution in [3.63, 3.8) is 0 Å². The van der Waals surface area contributed by atoms with Crippen LogP contribution in [0.15, 0.2) is 5.16 Å². The van der Waals surface area contributed by atoms with Crippen molar-refractivity contribution in [3.8, 4) is 0 Å². The normalized spacial score (nSPS) is 12.2. The van der Waals surface area contributed by atoms with Gasteiger partial charge in [0.05, 0.1) is 5.75 Å². The molecule has 0 aliphatic carbocycles. The molecule has 0 aliphatic heterocycles. The second kappa shape index (κ2) is 6.68. The van der Waals surface area contributed by atoms with Gasteiger partial charge in [-0.05, 0) is 27.7 Å². The number of hydrogen-bond donors (Lipinski definition) is 1. The van der Waals surface area contributed by atoms with E-state index in [1.807, 2.05) is 53.4 Å². The van der Waals surface area contributed by atoms with Gasteiger partial charge in [0.1, 0.15) is 0 Å². The summed E-state index contributed by atoms with van der Waals surface area (Å²) in [4.78, 5) is 14.2. The van der Waals surface area contributed by atoms with E-state index in [-0.39, 0.29) is 23.4 Å². The molecule has 1 aromatic heterocycles. The van der Waals surface area contributed by atoms with Crippen LogP contribution < -0.4 is 5.84 Å². The van der Waals surface area contributed by atoms with Crippen LogP contribution in [0.3, 0.4) is 0 Å². The fourth-order valence-electron chi connectivity index (χ4n) is 2.26. The van der Waals surface area contributed by atoms with Crippen LogP contribution in [0.1, 0.15) is 54.3 Å². The Hall–Kier alpha value is -1.24. The highest BCUT2D eigenvalue weighted by Gasteiger charge is 2.25. The summed E-state index contributed by atoms with van der Waals surface area (Å²) < 4.78 is 1.48. The quantitative estimate of drug-likeness (QED) is 0.665. The average Bonchev–Trinajstić information content (AvgIpc) is 2.66. The van der Waals surface area contributed by atoms with Gasteiger partial charge in [0.15, 0.2) is 5.82 Å². The van der Waals surface area contributed by atoms with E-state index in [0.29, 0.717) is 16.7 Å². The van der Waals surface area contributed by atoms with E-state index in [9.17, 15) is 4.79 Å². The highest BCUT2D eigenvalue weighted by Crippen LogP contribution is 2.23. The van der Waals surface area contributed by atoms with E-state index in [0.717, 1.165) is 0 Å². The fraction of sp³-hybridized carbons (Fsp3) is 0.786. The Labute approximate surface area is 131 Å². The summed E-state index contributed by atoms with van der Waals surface area (Å²) in [6, 6.07) is 0.359. The maximum Gasteiger partial charge on any atom is 0.233 e. The highest BCUT2D eigenvalue weighted by molar-refractivity contribution is 7.99. The number of carbonyl (C=O) groups is 1. The molecule has 0 saturated heterocycles. The predicted molar refractivity (Wildman–Crippen MR) is 86.7 cm³/mol. The predicted octanol–water partition coefficient (Wildman–Crippen LogP) is 2.03. The van der Waals surface area contributed by atoms with Crippen LogP contribution in [0.2, 0.25) is 0 Å². The Morgan fingerprint density at radius 2 is 1.76 bits per heavy atom. The lowest BCUT2D eigenvalue weighted by Crippen LogP contribution is -2.43. The summed E-state index contributed by atoms with van der Waals surface area (Å²) in [6.07, 6.45) is 0. The molecule has 0 bridgehead atoms. The molecule has 7 heteroatoms. The van der Waals surface area contributed by atoms with Crippen LogP contribution in [0.4, 0.5) is 0 Å². The van der Waals surface area contributed by atoms with Crippen molar-refractivity contribution in [1.29, 1.82) is 0 Å². The molecule has 6 nitrogen and oxygen atoms in total. The number of nitrogen functional groups attached to an aromatic ring is 1. The van der Waals surface area contributed by atoms with Crippen molar-refractivity contribution >= 4 is 17.7 Å². The molecule has 1 rings (SSSR count). The minimum Gasteiger partial charge on any atom is -0.337 e. The molecule has 0 aliphatic rings. The number of rotatable bonds is 5. The summed E-state index contributed by atoms with van der Waals surface area (Å²) in [5.74, 6) is 7.13. The van der Waals surface area contributed by atoms with Crippen LogP contribution in [0.5, 0.6) is 0 Å². The SMILES string of the molecule is CC(C)N(C(=O)CSc1nnc(C(C)(C)C)n1N)C(C)C. The molecule has 0 spiro atoms. The van der Waals surface area contributed by atoms with Gasteiger partial charge in [-0.3, -0.25) is 4.79 Å². The molecule has 0 unspecified atom stereocenters. The number of amides is 1. The first-order valence-electron chi connectivity index (χ1n) is 7.20. The summed E-state index contributed by atoms with van der Waals surface area (Å²) >= 11 is 1.33. The Morgan fingerprint density at radius 1 is 1.24 bits per heavy atom. The molecule has 1 amide bonds. The minimum atomic E-state index is -0.174. The molecule has 1 aromatic rings. The molecule has 0 radical (unpaired) electrons. The van der Waals surface area contributed by atoms with Crippen LogP contribution in [0, 0.1) is 0 Å². The van der Waals surface area contributed by atoms with Gasteiger partial charge >= 0.3 is 0 Å². The Morgan fingerprint density at radius 3 is 2.14 bits per heavy atom. The molecule has 0 atom stereocenters. The van der Waals surface area contributed by atoms with Gasteiger partial charge in [0.25, 0.3) is 0 Å². The van der Waals surface area contributed by atoms with Gasteiger partial charge < -0.3 is 10.7 Å². The molecular weight excluding hydrogens is 286 g/mol. The minimum absolute atomic E-state index is 0.0882. The molecule has 0 fully saturated rings. The second-order valence-corrected chi connectivity index (χ2v) is 7.65. The topological polar surface area (TPSA) is 77.0 Å². The van der Waals surface area contributed by atoms with Gasteiger partial charge in [-0.1, -0.05) is 32.5 Å². The third-order valence-corrected chi connectivity index (χ3v) is 3.99. The third-order valence-electron chi connectivity index (χ3n) is 3.06. The monoisotopic (exact) mass is 313 g/mol. The van der Waals surface area contributed by atoms with E-state index in [4.69, 9.17) is 5.84 Å².